The first-order valence-electron chi connectivity index (χ1n) is 5.39. The molecule has 0 aliphatic rings. The first-order valence-corrected chi connectivity index (χ1v) is 5.77. The Labute approximate surface area is 101 Å². The molecule has 1 unspecified atom stereocenters. The van der Waals surface area contributed by atoms with Crippen LogP contribution in [0.15, 0.2) is 24.3 Å². The minimum absolute atomic E-state index is 0.0233. The molecule has 3 nitrogen and oxygen atoms in total. The molecule has 0 heterocycles. The maximum atomic E-state index is 11.6. The molecule has 4 heteroatoms. The first-order chi connectivity index (χ1) is 7.63. The minimum atomic E-state index is -0.0444. The highest BCUT2D eigenvalue weighted by molar-refractivity contribution is 6.31. The number of halogens is 1. The Bertz CT molecular complexity index is 355. The molecule has 16 heavy (non-hydrogen) atoms. The average Bonchev–Trinajstić information content (AvgIpc) is 2.29. The third-order valence-electron chi connectivity index (χ3n) is 2.39. The van der Waals surface area contributed by atoms with Crippen molar-refractivity contribution in [2.24, 2.45) is 5.73 Å². The molecule has 0 aliphatic carbocycles. The quantitative estimate of drug-likeness (QED) is 0.824. The summed E-state index contributed by atoms with van der Waals surface area (Å²) >= 11 is 5.95. The Morgan fingerprint density at radius 1 is 1.50 bits per heavy atom. The van der Waals surface area contributed by atoms with E-state index >= 15 is 0 Å². The van der Waals surface area contributed by atoms with E-state index in [-0.39, 0.29) is 11.9 Å². The molecular weight excluding hydrogens is 224 g/mol. The van der Waals surface area contributed by atoms with Gasteiger partial charge >= 0.3 is 0 Å². The first kappa shape index (κ1) is 13.0. The SMILES string of the molecule is CCC(N)CNC(=O)Cc1ccccc1Cl. The second-order valence-electron chi connectivity index (χ2n) is 3.74. The van der Waals surface area contributed by atoms with E-state index in [0.29, 0.717) is 18.0 Å². The van der Waals surface area contributed by atoms with Gasteiger partial charge in [0.15, 0.2) is 0 Å². The number of rotatable bonds is 5. The molecule has 0 radical (unpaired) electrons. The van der Waals surface area contributed by atoms with Gasteiger partial charge in [0.2, 0.25) is 5.91 Å². The second-order valence-corrected chi connectivity index (χ2v) is 4.15. The van der Waals surface area contributed by atoms with Gasteiger partial charge in [-0.2, -0.15) is 0 Å². The van der Waals surface area contributed by atoms with E-state index < -0.39 is 0 Å². The summed E-state index contributed by atoms with van der Waals surface area (Å²) in [5.41, 5.74) is 6.54. The standard InChI is InChI=1S/C12H17ClN2O/c1-2-10(14)8-15-12(16)7-9-5-3-4-6-11(9)13/h3-6,10H,2,7-8,14H2,1H3,(H,15,16). The lowest BCUT2D eigenvalue weighted by molar-refractivity contribution is -0.120. The fourth-order valence-electron chi connectivity index (χ4n) is 1.27. The summed E-state index contributed by atoms with van der Waals surface area (Å²) in [6, 6.07) is 7.36. The summed E-state index contributed by atoms with van der Waals surface area (Å²) in [7, 11) is 0. The van der Waals surface area contributed by atoms with Crippen LogP contribution in [0, 0.1) is 0 Å². The van der Waals surface area contributed by atoms with Crippen molar-refractivity contribution < 1.29 is 4.79 Å². The number of nitrogens with one attached hydrogen (secondary N) is 1. The number of carbonyl (C=O) groups is 1. The Morgan fingerprint density at radius 3 is 2.81 bits per heavy atom. The normalized spacial score (nSPS) is 12.2. The average molecular weight is 241 g/mol. The van der Waals surface area contributed by atoms with Crippen molar-refractivity contribution in [1.29, 1.82) is 0 Å². The van der Waals surface area contributed by atoms with Gasteiger partial charge in [-0.05, 0) is 18.1 Å². The van der Waals surface area contributed by atoms with Gasteiger partial charge in [-0.3, -0.25) is 4.79 Å². The Kier molecular flexibility index (Phi) is 5.29. The highest BCUT2D eigenvalue weighted by atomic mass is 35.5. The van der Waals surface area contributed by atoms with Crippen molar-refractivity contribution in [3.05, 3.63) is 34.9 Å². The number of hydrogen-bond donors (Lipinski definition) is 2. The van der Waals surface area contributed by atoms with Crippen molar-refractivity contribution in [2.75, 3.05) is 6.54 Å². The minimum Gasteiger partial charge on any atom is -0.354 e. The van der Waals surface area contributed by atoms with Gasteiger partial charge in [-0.15, -0.1) is 0 Å². The lowest BCUT2D eigenvalue weighted by Crippen LogP contribution is -2.37. The van der Waals surface area contributed by atoms with Gasteiger partial charge in [0.1, 0.15) is 0 Å². The number of amides is 1. The molecule has 0 saturated carbocycles. The molecule has 0 fully saturated rings. The predicted molar refractivity (Wildman–Crippen MR) is 66.4 cm³/mol. The van der Waals surface area contributed by atoms with Crippen molar-refractivity contribution >= 4 is 17.5 Å². The van der Waals surface area contributed by atoms with E-state index in [1.54, 1.807) is 6.07 Å². The van der Waals surface area contributed by atoms with E-state index in [1.807, 2.05) is 25.1 Å². The third-order valence-corrected chi connectivity index (χ3v) is 2.76. The topological polar surface area (TPSA) is 55.1 Å². The highest BCUT2D eigenvalue weighted by Gasteiger charge is 2.07. The van der Waals surface area contributed by atoms with E-state index in [1.165, 1.54) is 0 Å². The molecule has 1 amide bonds. The maximum absolute atomic E-state index is 11.6. The summed E-state index contributed by atoms with van der Waals surface area (Å²) < 4.78 is 0. The zero-order valence-corrected chi connectivity index (χ0v) is 10.1. The van der Waals surface area contributed by atoms with E-state index in [2.05, 4.69) is 5.32 Å². The molecule has 3 N–H and O–H groups in total. The molecule has 0 aliphatic heterocycles. The molecule has 1 rings (SSSR count). The molecule has 0 aromatic heterocycles. The van der Waals surface area contributed by atoms with Crippen molar-refractivity contribution in [1.82, 2.24) is 5.32 Å². The smallest absolute Gasteiger partial charge is 0.224 e. The fourth-order valence-corrected chi connectivity index (χ4v) is 1.47. The second kappa shape index (κ2) is 6.51. The fraction of sp³-hybridized carbons (Fsp3) is 0.417. The monoisotopic (exact) mass is 240 g/mol. The van der Waals surface area contributed by atoms with Gasteiger partial charge in [-0.25, -0.2) is 0 Å². The van der Waals surface area contributed by atoms with Crippen LogP contribution in [0.25, 0.3) is 0 Å². The number of carbonyl (C=O) groups excluding carboxylic acids is 1. The van der Waals surface area contributed by atoms with Gasteiger partial charge in [0.25, 0.3) is 0 Å². The zero-order chi connectivity index (χ0) is 12.0. The summed E-state index contributed by atoms with van der Waals surface area (Å²) in [5, 5.41) is 3.41. The Balaban J connectivity index is 2.43. The third kappa shape index (κ3) is 4.21. The molecule has 0 spiro atoms. The van der Waals surface area contributed by atoms with Crippen molar-refractivity contribution in [2.45, 2.75) is 25.8 Å². The van der Waals surface area contributed by atoms with Crippen LogP contribution in [0.5, 0.6) is 0 Å². The van der Waals surface area contributed by atoms with Gasteiger partial charge in [0.05, 0.1) is 6.42 Å². The highest BCUT2D eigenvalue weighted by Crippen LogP contribution is 2.15. The van der Waals surface area contributed by atoms with Crippen LogP contribution in [0.1, 0.15) is 18.9 Å². The van der Waals surface area contributed by atoms with Crippen LogP contribution >= 0.6 is 11.6 Å². The molecule has 0 bridgehead atoms. The molecule has 1 atom stereocenters. The number of nitrogens with two attached hydrogens (primary N) is 1. The summed E-state index contributed by atoms with van der Waals surface area (Å²) in [5.74, 6) is -0.0444. The molecule has 0 saturated heterocycles. The van der Waals surface area contributed by atoms with Crippen molar-refractivity contribution in [3.8, 4) is 0 Å². The van der Waals surface area contributed by atoms with Crippen LogP contribution in [-0.2, 0) is 11.2 Å². The van der Waals surface area contributed by atoms with Crippen LogP contribution in [0.2, 0.25) is 5.02 Å². The van der Waals surface area contributed by atoms with Gasteiger partial charge in [0, 0.05) is 17.6 Å². The predicted octanol–water partition coefficient (Wildman–Crippen LogP) is 1.74. The summed E-state index contributed by atoms with van der Waals surface area (Å²) in [6.45, 7) is 2.50. The number of hydrogen-bond acceptors (Lipinski definition) is 2. The Hall–Kier alpha value is -1.06. The van der Waals surface area contributed by atoms with E-state index in [4.69, 9.17) is 17.3 Å². The van der Waals surface area contributed by atoms with E-state index in [9.17, 15) is 4.79 Å². The zero-order valence-electron chi connectivity index (χ0n) is 9.37. The number of benzene rings is 1. The molecular formula is C12H17ClN2O. The van der Waals surface area contributed by atoms with Crippen LogP contribution < -0.4 is 11.1 Å². The maximum Gasteiger partial charge on any atom is 0.224 e. The molecule has 1 aromatic carbocycles. The largest absolute Gasteiger partial charge is 0.354 e. The van der Waals surface area contributed by atoms with Crippen LogP contribution in [0.3, 0.4) is 0 Å². The Morgan fingerprint density at radius 2 is 2.19 bits per heavy atom. The summed E-state index contributed by atoms with van der Waals surface area (Å²) in [6.07, 6.45) is 1.16. The van der Waals surface area contributed by atoms with Crippen LogP contribution in [-0.4, -0.2) is 18.5 Å². The van der Waals surface area contributed by atoms with Gasteiger partial charge < -0.3 is 11.1 Å². The summed E-state index contributed by atoms with van der Waals surface area (Å²) in [4.78, 5) is 11.6. The lowest BCUT2D eigenvalue weighted by atomic mass is 10.1. The van der Waals surface area contributed by atoms with Crippen LogP contribution in [0.4, 0.5) is 0 Å². The van der Waals surface area contributed by atoms with Gasteiger partial charge in [-0.1, -0.05) is 36.7 Å². The van der Waals surface area contributed by atoms with Crippen molar-refractivity contribution in [3.63, 3.8) is 0 Å². The van der Waals surface area contributed by atoms with E-state index in [0.717, 1.165) is 12.0 Å². The lowest BCUT2D eigenvalue weighted by Gasteiger charge is -2.10. The molecule has 1 aromatic rings. The molecule has 88 valence electrons.